The summed E-state index contributed by atoms with van der Waals surface area (Å²) in [6, 6.07) is 16.5. The second kappa shape index (κ2) is 12.0. The summed E-state index contributed by atoms with van der Waals surface area (Å²) in [7, 11) is 1.68. The van der Waals surface area contributed by atoms with Crippen LogP contribution in [0.2, 0.25) is 0 Å². The van der Waals surface area contributed by atoms with Gasteiger partial charge in [-0.2, -0.15) is 4.98 Å². The van der Waals surface area contributed by atoms with E-state index in [4.69, 9.17) is 9.26 Å². The first kappa shape index (κ1) is 25.0. The lowest BCUT2D eigenvalue weighted by Gasteiger charge is -2.34. The van der Waals surface area contributed by atoms with Gasteiger partial charge in [0.2, 0.25) is 11.8 Å². The molecule has 3 aromatic rings. The number of unbranched alkanes of at least 4 members (excludes halogenated alkanes) is 1. The maximum Gasteiger partial charge on any atom is 0.230 e. The Balaban J connectivity index is 1.52. The van der Waals surface area contributed by atoms with Gasteiger partial charge in [-0.15, -0.1) is 0 Å². The molecule has 1 aliphatic carbocycles. The maximum absolute atomic E-state index is 13.8. The highest BCUT2D eigenvalue weighted by Gasteiger charge is 2.30. The number of methoxy groups -OCH3 is 1. The van der Waals surface area contributed by atoms with E-state index in [1.807, 2.05) is 25.1 Å². The average molecular weight is 476 g/mol. The number of hydrogen-bond acceptors (Lipinski definition) is 5. The average Bonchev–Trinajstić information content (AvgIpc) is 3.32. The fraction of sp³-hybridized carbons (Fsp3) is 0.483. The molecule has 1 aliphatic rings. The van der Waals surface area contributed by atoms with Crippen LogP contribution in [0.1, 0.15) is 70.0 Å². The molecule has 0 saturated heterocycles. The Kier molecular flexibility index (Phi) is 8.56. The minimum Gasteiger partial charge on any atom is -0.497 e. The monoisotopic (exact) mass is 475 g/mol. The number of aromatic nitrogens is 2. The predicted octanol–water partition coefficient (Wildman–Crippen LogP) is 6.77. The first-order valence-electron chi connectivity index (χ1n) is 12.9. The van der Waals surface area contributed by atoms with Gasteiger partial charge in [0.1, 0.15) is 5.75 Å². The molecule has 0 aliphatic heterocycles. The van der Waals surface area contributed by atoms with Crippen LogP contribution in [0.4, 0.5) is 5.69 Å². The standard InChI is InChI=1S/C29H37N3O3/c1-21(11-7-8-18-28-30-22(2)31-35-28)32(29(33)23-12-5-4-6-13-23)26-16-9-14-24(19-26)25-15-10-17-27(20-25)34-3/h9-10,14-17,19-21,23H,4-8,11-13,18H2,1-3H3. The first-order valence-corrected chi connectivity index (χ1v) is 12.9. The fourth-order valence-electron chi connectivity index (χ4n) is 5.07. The van der Waals surface area contributed by atoms with Crippen molar-refractivity contribution in [2.45, 2.75) is 77.7 Å². The molecule has 1 atom stereocenters. The van der Waals surface area contributed by atoms with Gasteiger partial charge in [-0.1, -0.05) is 55.1 Å². The molecule has 35 heavy (non-hydrogen) atoms. The number of carbonyl (C=O) groups is 1. The Morgan fingerprint density at radius 2 is 1.83 bits per heavy atom. The van der Waals surface area contributed by atoms with Crippen LogP contribution in [0, 0.1) is 12.8 Å². The van der Waals surface area contributed by atoms with Crippen LogP contribution in [0.25, 0.3) is 11.1 Å². The zero-order valence-electron chi connectivity index (χ0n) is 21.2. The van der Waals surface area contributed by atoms with Crippen LogP contribution < -0.4 is 9.64 Å². The van der Waals surface area contributed by atoms with Gasteiger partial charge in [0.25, 0.3) is 0 Å². The van der Waals surface area contributed by atoms with Crippen LogP contribution in [-0.2, 0) is 11.2 Å². The number of anilines is 1. The lowest BCUT2D eigenvalue weighted by atomic mass is 9.87. The Bertz CT molecular complexity index is 1100. The second-order valence-electron chi connectivity index (χ2n) is 9.66. The van der Waals surface area contributed by atoms with Crippen molar-refractivity contribution in [3.8, 4) is 16.9 Å². The number of aryl methyl sites for hydroxylation is 2. The predicted molar refractivity (Wildman–Crippen MR) is 139 cm³/mol. The van der Waals surface area contributed by atoms with Crippen molar-refractivity contribution in [1.82, 2.24) is 10.1 Å². The first-order chi connectivity index (χ1) is 17.0. The highest BCUT2D eigenvalue weighted by Crippen LogP contribution is 2.33. The Hall–Kier alpha value is -3.15. The molecule has 1 fully saturated rings. The summed E-state index contributed by atoms with van der Waals surface area (Å²) >= 11 is 0. The van der Waals surface area contributed by atoms with E-state index in [0.717, 1.165) is 73.9 Å². The van der Waals surface area contributed by atoms with Gasteiger partial charge >= 0.3 is 0 Å². The molecule has 4 rings (SSSR count). The third kappa shape index (κ3) is 6.50. The minimum atomic E-state index is 0.106. The number of hydrogen-bond donors (Lipinski definition) is 0. The van der Waals surface area contributed by atoms with Crippen LogP contribution >= 0.6 is 0 Å². The summed E-state index contributed by atoms with van der Waals surface area (Å²) in [6.07, 6.45) is 9.17. The summed E-state index contributed by atoms with van der Waals surface area (Å²) in [5.41, 5.74) is 3.14. The Morgan fingerprint density at radius 1 is 1.09 bits per heavy atom. The van der Waals surface area contributed by atoms with Crippen LogP contribution in [-0.4, -0.2) is 29.2 Å². The zero-order chi connectivity index (χ0) is 24.6. The lowest BCUT2D eigenvalue weighted by molar-refractivity contribution is -0.123. The topological polar surface area (TPSA) is 68.5 Å². The number of rotatable bonds is 10. The quantitative estimate of drug-likeness (QED) is 0.303. The van der Waals surface area contributed by atoms with E-state index >= 15 is 0 Å². The summed E-state index contributed by atoms with van der Waals surface area (Å²) in [4.78, 5) is 20.2. The summed E-state index contributed by atoms with van der Waals surface area (Å²) < 4.78 is 10.7. The van der Waals surface area contributed by atoms with Gasteiger partial charge < -0.3 is 14.2 Å². The van der Waals surface area contributed by atoms with Crippen LogP contribution in [0.5, 0.6) is 5.75 Å². The van der Waals surface area contributed by atoms with Crippen molar-refractivity contribution >= 4 is 11.6 Å². The molecule has 6 nitrogen and oxygen atoms in total. The van der Waals surface area contributed by atoms with Crippen molar-refractivity contribution in [3.63, 3.8) is 0 Å². The molecule has 1 aromatic heterocycles. The van der Waals surface area contributed by atoms with E-state index in [1.54, 1.807) is 7.11 Å². The largest absolute Gasteiger partial charge is 0.497 e. The van der Waals surface area contributed by atoms with Gasteiger partial charge in [-0.05, 0) is 74.9 Å². The van der Waals surface area contributed by atoms with Crippen molar-refractivity contribution in [2.24, 2.45) is 5.92 Å². The maximum atomic E-state index is 13.8. The van der Waals surface area contributed by atoms with Crippen LogP contribution in [0.3, 0.4) is 0 Å². The Labute approximate surface area is 208 Å². The molecule has 186 valence electrons. The van der Waals surface area contributed by atoms with E-state index < -0.39 is 0 Å². The second-order valence-corrected chi connectivity index (χ2v) is 9.66. The van der Waals surface area contributed by atoms with Crippen molar-refractivity contribution < 1.29 is 14.1 Å². The molecule has 0 spiro atoms. The van der Waals surface area contributed by atoms with Crippen molar-refractivity contribution in [1.29, 1.82) is 0 Å². The summed E-state index contributed by atoms with van der Waals surface area (Å²) in [6.45, 7) is 4.01. The third-order valence-electron chi connectivity index (χ3n) is 6.99. The summed E-state index contributed by atoms with van der Waals surface area (Å²) in [5, 5.41) is 3.87. The third-order valence-corrected chi connectivity index (χ3v) is 6.99. The minimum absolute atomic E-state index is 0.106. The van der Waals surface area contributed by atoms with Gasteiger partial charge in [0.15, 0.2) is 5.82 Å². The van der Waals surface area contributed by atoms with Gasteiger partial charge in [-0.3, -0.25) is 4.79 Å². The van der Waals surface area contributed by atoms with E-state index in [0.29, 0.717) is 11.7 Å². The van der Waals surface area contributed by atoms with Crippen molar-refractivity contribution in [3.05, 3.63) is 60.2 Å². The van der Waals surface area contributed by atoms with E-state index in [1.165, 1.54) is 6.42 Å². The molecular formula is C29H37N3O3. The SMILES string of the molecule is COc1cccc(-c2cccc(N(C(=O)C3CCCCC3)C(C)CCCCc3nc(C)no3)c2)c1. The molecule has 1 saturated carbocycles. The number of carbonyl (C=O) groups excluding carboxylic acids is 1. The van der Waals surface area contributed by atoms with Gasteiger partial charge in [-0.25, -0.2) is 0 Å². The highest BCUT2D eigenvalue weighted by atomic mass is 16.5. The van der Waals surface area contributed by atoms with Gasteiger partial charge in [0, 0.05) is 24.1 Å². The summed E-state index contributed by atoms with van der Waals surface area (Å²) in [5.74, 6) is 2.58. The molecule has 0 N–H and O–H groups in total. The van der Waals surface area contributed by atoms with Gasteiger partial charge in [0.05, 0.1) is 7.11 Å². The molecule has 0 radical (unpaired) electrons. The molecule has 1 unspecified atom stereocenters. The van der Waals surface area contributed by atoms with E-state index in [2.05, 4.69) is 52.3 Å². The number of benzene rings is 2. The normalized spacial score (nSPS) is 15.1. The van der Waals surface area contributed by atoms with E-state index in [-0.39, 0.29) is 17.9 Å². The highest BCUT2D eigenvalue weighted by molar-refractivity contribution is 5.96. The molecule has 1 amide bonds. The molecule has 6 heteroatoms. The molecule has 1 heterocycles. The lowest BCUT2D eigenvalue weighted by Crippen LogP contribution is -2.43. The zero-order valence-corrected chi connectivity index (χ0v) is 21.2. The van der Waals surface area contributed by atoms with E-state index in [9.17, 15) is 4.79 Å². The fourth-order valence-corrected chi connectivity index (χ4v) is 5.07. The van der Waals surface area contributed by atoms with Crippen LogP contribution in [0.15, 0.2) is 53.1 Å². The Morgan fingerprint density at radius 3 is 2.54 bits per heavy atom. The number of ether oxygens (including phenoxy) is 1. The molecule has 2 aromatic carbocycles. The van der Waals surface area contributed by atoms with Crippen molar-refractivity contribution in [2.75, 3.05) is 12.0 Å². The number of nitrogens with zero attached hydrogens (tertiary/aromatic N) is 3. The number of amides is 1. The smallest absolute Gasteiger partial charge is 0.230 e. The molecular weight excluding hydrogens is 438 g/mol. The molecule has 0 bridgehead atoms.